The van der Waals surface area contributed by atoms with Crippen molar-refractivity contribution in [2.45, 2.75) is 45.4 Å². The molecule has 0 atom stereocenters. The predicted molar refractivity (Wildman–Crippen MR) is 112 cm³/mol. The molecule has 28 heavy (non-hydrogen) atoms. The Labute approximate surface area is 166 Å². The van der Waals surface area contributed by atoms with E-state index in [1.165, 1.54) is 6.42 Å². The van der Waals surface area contributed by atoms with Crippen LogP contribution < -0.4 is 10.7 Å². The number of amides is 2. The Morgan fingerprint density at radius 1 is 0.964 bits per heavy atom. The molecule has 1 saturated carbocycles. The maximum absolute atomic E-state index is 12.3. The molecule has 2 amide bonds. The number of hydrogen-bond acceptors (Lipinski definition) is 3. The third-order valence-corrected chi connectivity index (χ3v) is 5.10. The lowest BCUT2D eigenvalue weighted by Gasteiger charge is -2.20. The molecule has 2 aromatic rings. The third kappa shape index (κ3) is 5.78. The molecular weight excluding hydrogens is 350 g/mol. The molecule has 3 rings (SSSR count). The molecule has 2 N–H and O–H groups in total. The van der Waals surface area contributed by atoms with Crippen molar-refractivity contribution in [2.24, 2.45) is 11.0 Å². The van der Waals surface area contributed by atoms with Gasteiger partial charge < -0.3 is 5.32 Å². The van der Waals surface area contributed by atoms with Crippen molar-refractivity contribution in [3.05, 3.63) is 65.7 Å². The van der Waals surface area contributed by atoms with Gasteiger partial charge >= 0.3 is 0 Å². The first-order valence-electron chi connectivity index (χ1n) is 9.90. The number of rotatable bonds is 6. The Balaban J connectivity index is 1.52. The zero-order chi connectivity index (χ0) is 19.8. The standard InChI is InChI=1S/C23H27N3O2/c1-17(25-26-22(27)16-18-8-4-2-5-9-18)19-12-14-21(15-13-19)24-23(28)20-10-6-3-7-11-20/h2,4-5,8-9,12-15,20H,3,6-7,10-11,16H2,1H3,(H,24,28)(H,26,27)/b25-17-. The van der Waals surface area contributed by atoms with E-state index < -0.39 is 0 Å². The summed E-state index contributed by atoms with van der Waals surface area (Å²) in [6.07, 6.45) is 5.78. The van der Waals surface area contributed by atoms with E-state index in [2.05, 4.69) is 15.8 Å². The Kier molecular flexibility index (Phi) is 6.95. The van der Waals surface area contributed by atoms with Crippen LogP contribution in [0.1, 0.15) is 50.2 Å². The van der Waals surface area contributed by atoms with Crippen LogP contribution in [0.3, 0.4) is 0 Å². The van der Waals surface area contributed by atoms with Gasteiger partial charge in [0.2, 0.25) is 11.8 Å². The summed E-state index contributed by atoms with van der Waals surface area (Å²) in [7, 11) is 0. The zero-order valence-corrected chi connectivity index (χ0v) is 16.3. The molecule has 0 aromatic heterocycles. The molecule has 2 aromatic carbocycles. The van der Waals surface area contributed by atoms with Gasteiger partial charge in [-0.05, 0) is 43.0 Å². The van der Waals surface area contributed by atoms with Crippen LogP contribution in [0.15, 0.2) is 59.7 Å². The molecule has 146 valence electrons. The highest BCUT2D eigenvalue weighted by Gasteiger charge is 2.20. The van der Waals surface area contributed by atoms with Crippen molar-refractivity contribution in [1.82, 2.24) is 5.43 Å². The van der Waals surface area contributed by atoms with Crippen molar-refractivity contribution in [1.29, 1.82) is 0 Å². The van der Waals surface area contributed by atoms with Crippen LogP contribution in [0.5, 0.6) is 0 Å². The number of nitrogens with one attached hydrogen (secondary N) is 2. The number of carbonyl (C=O) groups excluding carboxylic acids is 2. The molecule has 0 aliphatic heterocycles. The van der Waals surface area contributed by atoms with Gasteiger partial charge in [-0.3, -0.25) is 9.59 Å². The number of hydrazone groups is 1. The summed E-state index contributed by atoms with van der Waals surface area (Å²) >= 11 is 0. The lowest BCUT2D eigenvalue weighted by atomic mass is 9.88. The first kappa shape index (κ1) is 19.8. The van der Waals surface area contributed by atoms with Gasteiger partial charge in [0.25, 0.3) is 0 Å². The lowest BCUT2D eigenvalue weighted by Crippen LogP contribution is -2.24. The fourth-order valence-electron chi connectivity index (χ4n) is 3.44. The first-order chi connectivity index (χ1) is 13.6. The summed E-state index contributed by atoms with van der Waals surface area (Å²) in [5.74, 6) is 0.101. The lowest BCUT2D eigenvalue weighted by molar-refractivity contribution is -0.121. The second-order valence-corrected chi connectivity index (χ2v) is 7.30. The van der Waals surface area contributed by atoms with E-state index in [4.69, 9.17) is 0 Å². The van der Waals surface area contributed by atoms with Crippen LogP contribution >= 0.6 is 0 Å². The van der Waals surface area contributed by atoms with E-state index >= 15 is 0 Å². The Morgan fingerprint density at radius 3 is 2.32 bits per heavy atom. The van der Waals surface area contributed by atoms with Gasteiger partial charge in [-0.25, -0.2) is 5.43 Å². The number of carbonyl (C=O) groups is 2. The number of hydrogen-bond donors (Lipinski definition) is 2. The molecular formula is C23H27N3O2. The molecule has 5 nitrogen and oxygen atoms in total. The van der Waals surface area contributed by atoms with Crippen molar-refractivity contribution in [2.75, 3.05) is 5.32 Å². The average Bonchev–Trinajstić information content (AvgIpc) is 2.74. The highest BCUT2D eigenvalue weighted by atomic mass is 16.2. The van der Waals surface area contributed by atoms with E-state index in [1.54, 1.807) is 0 Å². The molecule has 0 unspecified atom stereocenters. The highest BCUT2D eigenvalue weighted by molar-refractivity contribution is 6.00. The summed E-state index contributed by atoms with van der Waals surface area (Å²) < 4.78 is 0. The number of nitrogens with zero attached hydrogens (tertiary/aromatic N) is 1. The Bertz CT molecular complexity index is 823. The molecule has 0 heterocycles. The highest BCUT2D eigenvalue weighted by Crippen LogP contribution is 2.25. The van der Waals surface area contributed by atoms with Gasteiger partial charge in [0.1, 0.15) is 0 Å². The van der Waals surface area contributed by atoms with Gasteiger partial charge in [-0.2, -0.15) is 5.10 Å². The van der Waals surface area contributed by atoms with Crippen LogP contribution in [0, 0.1) is 5.92 Å². The summed E-state index contributed by atoms with van der Waals surface area (Å²) in [6, 6.07) is 17.1. The predicted octanol–water partition coefficient (Wildman–Crippen LogP) is 4.29. The second kappa shape index (κ2) is 9.83. The van der Waals surface area contributed by atoms with Gasteiger partial charge in [0.05, 0.1) is 12.1 Å². The van der Waals surface area contributed by atoms with E-state index in [0.717, 1.165) is 42.5 Å². The van der Waals surface area contributed by atoms with Crippen molar-refractivity contribution < 1.29 is 9.59 Å². The average molecular weight is 377 g/mol. The maximum atomic E-state index is 12.3. The van der Waals surface area contributed by atoms with Crippen molar-refractivity contribution in [3.63, 3.8) is 0 Å². The van der Waals surface area contributed by atoms with E-state index in [1.807, 2.05) is 61.5 Å². The summed E-state index contributed by atoms with van der Waals surface area (Å²) in [4.78, 5) is 24.3. The summed E-state index contributed by atoms with van der Waals surface area (Å²) in [5.41, 5.74) is 5.95. The molecule has 1 aliphatic carbocycles. The number of anilines is 1. The zero-order valence-electron chi connectivity index (χ0n) is 16.3. The molecule has 1 aliphatic rings. The first-order valence-corrected chi connectivity index (χ1v) is 9.90. The van der Waals surface area contributed by atoms with Crippen molar-refractivity contribution in [3.8, 4) is 0 Å². The summed E-state index contributed by atoms with van der Waals surface area (Å²) in [5, 5.41) is 7.19. The number of benzene rings is 2. The Morgan fingerprint density at radius 2 is 1.64 bits per heavy atom. The minimum absolute atomic E-state index is 0.117. The summed E-state index contributed by atoms with van der Waals surface area (Å²) in [6.45, 7) is 1.85. The Hall–Kier alpha value is -2.95. The van der Waals surface area contributed by atoms with Crippen LogP contribution in [0.4, 0.5) is 5.69 Å². The van der Waals surface area contributed by atoms with Gasteiger partial charge in [0, 0.05) is 11.6 Å². The van der Waals surface area contributed by atoms with Crippen LogP contribution in [0.25, 0.3) is 0 Å². The molecule has 0 saturated heterocycles. The fraction of sp³-hybridized carbons (Fsp3) is 0.348. The maximum Gasteiger partial charge on any atom is 0.244 e. The molecule has 0 radical (unpaired) electrons. The van der Waals surface area contributed by atoms with Gasteiger partial charge in [0.15, 0.2) is 0 Å². The van der Waals surface area contributed by atoms with Crippen LogP contribution in [-0.4, -0.2) is 17.5 Å². The topological polar surface area (TPSA) is 70.6 Å². The second-order valence-electron chi connectivity index (χ2n) is 7.30. The largest absolute Gasteiger partial charge is 0.326 e. The molecule has 0 bridgehead atoms. The molecule has 0 spiro atoms. The van der Waals surface area contributed by atoms with Crippen LogP contribution in [-0.2, 0) is 16.0 Å². The smallest absolute Gasteiger partial charge is 0.244 e. The molecule has 5 heteroatoms. The monoisotopic (exact) mass is 377 g/mol. The van der Waals surface area contributed by atoms with Gasteiger partial charge in [-0.1, -0.05) is 61.7 Å². The van der Waals surface area contributed by atoms with E-state index in [-0.39, 0.29) is 17.7 Å². The van der Waals surface area contributed by atoms with Gasteiger partial charge in [-0.15, -0.1) is 0 Å². The normalized spacial score (nSPS) is 15.1. The van der Waals surface area contributed by atoms with Crippen LogP contribution in [0.2, 0.25) is 0 Å². The molecule has 1 fully saturated rings. The minimum atomic E-state index is -0.151. The van der Waals surface area contributed by atoms with E-state index in [0.29, 0.717) is 12.1 Å². The van der Waals surface area contributed by atoms with E-state index in [9.17, 15) is 9.59 Å². The quantitative estimate of drug-likeness (QED) is 0.582. The minimum Gasteiger partial charge on any atom is -0.326 e. The SMILES string of the molecule is C/C(=N/NC(=O)Cc1ccccc1)c1ccc(NC(=O)C2CCCCC2)cc1. The van der Waals surface area contributed by atoms with Crippen molar-refractivity contribution >= 4 is 23.2 Å². The fourth-order valence-corrected chi connectivity index (χ4v) is 3.44. The third-order valence-electron chi connectivity index (χ3n) is 5.10.